The molecule has 2 N–H and O–H groups in total. The minimum Gasteiger partial charge on any atom is -0.330 e. The summed E-state index contributed by atoms with van der Waals surface area (Å²) in [4.78, 5) is 0. The van der Waals surface area contributed by atoms with Crippen LogP contribution in [0.25, 0.3) is 0 Å². The normalized spacial score (nSPS) is 13.3. The van der Waals surface area contributed by atoms with Crippen LogP contribution < -0.4 is 5.73 Å². The molecule has 0 saturated carbocycles. The van der Waals surface area contributed by atoms with Crippen LogP contribution in [0.15, 0.2) is 30.3 Å². The zero-order valence-electron chi connectivity index (χ0n) is 6.58. The zero-order chi connectivity index (χ0) is 8.97. The Hall–Kier alpha value is -0.960. The lowest BCUT2D eigenvalue weighted by atomic mass is 10.0. The highest BCUT2D eigenvalue weighted by Crippen LogP contribution is 2.21. The summed E-state index contributed by atoms with van der Waals surface area (Å²) in [5.74, 6) is -0.828. The summed E-state index contributed by atoms with van der Waals surface area (Å²) in [6, 6.07) is 8.61. The molecule has 1 aromatic carbocycles. The molecule has 1 aromatic rings. The Balaban J connectivity index is 2.80. The van der Waals surface area contributed by atoms with E-state index < -0.39 is 12.3 Å². The van der Waals surface area contributed by atoms with Crippen LogP contribution in [0.5, 0.6) is 0 Å². The molecule has 0 aliphatic heterocycles. The van der Waals surface area contributed by atoms with Crippen LogP contribution in [0.2, 0.25) is 0 Å². The van der Waals surface area contributed by atoms with Gasteiger partial charge < -0.3 is 5.73 Å². The highest BCUT2D eigenvalue weighted by Gasteiger charge is 2.19. The van der Waals surface area contributed by atoms with E-state index in [9.17, 15) is 8.78 Å². The van der Waals surface area contributed by atoms with Crippen molar-refractivity contribution in [3.8, 4) is 0 Å². The quantitative estimate of drug-likeness (QED) is 0.739. The van der Waals surface area contributed by atoms with Crippen molar-refractivity contribution in [2.24, 2.45) is 5.73 Å². The van der Waals surface area contributed by atoms with Crippen LogP contribution in [0.4, 0.5) is 8.78 Å². The second kappa shape index (κ2) is 4.16. The molecule has 1 unspecified atom stereocenters. The summed E-state index contributed by atoms with van der Waals surface area (Å²) in [6.45, 7) is -0.0122. The van der Waals surface area contributed by atoms with Crippen molar-refractivity contribution in [2.75, 3.05) is 6.54 Å². The van der Waals surface area contributed by atoms with Crippen LogP contribution in [-0.4, -0.2) is 13.0 Å². The highest BCUT2D eigenvalue weighted by molar-refractivity contribution is 5.20. The molecule has 0 heterocycles. The largest absolute Gasteiger partial charge is 0.330 e. The average molecular weight is 171 g/mol. The molecule has 0 aliphatic carbocycles. The first-order valence-corrected chi connectivity index (χ1v) is 3.79. The summed E-state index contributed by atoms with van der Waals surface area (Å²) in [5.41, 5.74) is 5.83. The van der Waals surface area contributed by atoms with E-state index in [1.165, 1.54) is 0 Å². The Kier molecular flexibility index (Phi) is 3.17. The smallest absolute Gasteiger partial charge is 0.246 e. The van der Waals surface area contributed by atoms with Gasteiger partial charge in [0.25, 0.3) is 0 Å². The second-order valence-electron chi connectivity index (χ2n) is 2.59. The SMILES string of the molecule is NCC(c1ccccc1)C(F)F. The van der Waals surface area contributed by atoms with E-state index in [1.807, 2.05) is 0 Å². The third-order valence-corrected chi connectivity index (χ3v) is 1.79. The Bertz CT molecular complexity index is 223. The van der Waals surface area contributed by atoms with E-state index in [0.717, 1.165) is 0 Å². The van der Waals surface area contributed by atoms with Gasteiger partial charge in [0.15, 0.2) is 0 Å². The Morgan fingerprint density at radius 3 is 2.17 bits per heavy atom. The first kappa shape index (κ1) is 9.13. The van der Waals surface area contributed by atoms with Crippen LogP contribution >= 0.6 is 0 Å². The topological polar surface area (TPSA) is 26.0 Å². The van der Waals surface area contributed by atoms with E-state index >= 15 is 0 Å². The third-order valence-electron chi connectivity index (χ3n) is 1.79. The van der Waals surface area contributed by atoms with Crippen molar-refractivity contribution in [3.63, 3.8) is 0 Å². The third kappa shape index (κ3) is 2.01. The van der Waals surface area contributed by atoms with Crippen molar-refractivity contribution in [2.45, 2.75) is 12.3 Å². The molecule has 0 aliphatic rings. The van der Waals surface area contributed by atoms with Gasteiger partial charge in [-0.1, -0.05) is 30.3 Å². The molecule has 0 aromatic heterocycles. The summed E-state index contributed by atoms with van der Waals surface area (Å²) < 4.78 is 24.6. The minimum atomic E-state index is -2.38. The molecular weight excluding hydrogens is 160 g/mol. The lowest BCUT2D eigenvalue weighted by Gasteiger charge is -2.13. The Morgan fingerprint density at radius 1 is 1.17 bits per heavy atom. The fourth-order valence-corrected chi connectivity index (χ4v) is 1.08. The maximum Gasteiger partial charge on any atom is 0.246 e. The summed E-state index contributed by atoms with van der Waals surface area (Å²) in [6.07, 6.45) is -2.38. The van der Waals surface area contributed by atoms with Gasteiger partial charge in [0.05, 0.1) is 5.92 Å². The van der Waals surface area contributed by atoms with Gasteiger partial charge in [-0.15, -0.1) is 0 Å². The van der Waals surface area contributed by atoms with Crippen LogP contribution in [-0.2, 0) is 0 Å². The van der Waals surface area contributed by atoms with Crippen molar-refractivity contribution in [1.82, 2.24) is 0 Å². The maximum atomic E-state index is 12.3. The van der Waals surface area contributed by atoms with Gasteiger partial charge in [-0.3, -0.25) is 0 Å². The van der Waals surface area contributed by atoms with E-state index in [1.54, 1.807) is 30.3 Å². The lowest BCUT2D eigenvalue weighted by Crippen LogP contribution is -2.19. The van der Waals surface area contributed by atoms with Crippen molar-refractivity contribution < 1.29 is 8.78 Å². The molecule has 1 rings (SSSR count). The van der Waals surface area contributed by atoms with Crippen LogP contribution in [0, 0.1) is 0 Å². The van der Waals surface area contributed by atoms with Gasteiger partial charge >= 0.3 is 0 Å². The molecule has 66 valence electrons. The standard InChI is InChI=1S/C9H11F2N/c10-9(11)8(6-12)7-4-2-1-3-5-7/h1-5,8-9H,6,12H2. The van der Waals surface area contributed by atoms with Gasteiger partial charge in [-0.05, 0) is 5.56 Å². The highest BCUT2D eigenvalue weighted by atomic mass is 19.3. The van der Waals surface area contributed by atoms with Gasteiger partial charge in [0.1, 0.15) is 0 Å². The lowest BCUT2D eigenvalue weighted by molar-refractivity contribution is 0.117. The van der Waals surface area contributed by atoms with Gasteiger partial charge in [0, 0.05) is 6.54 Å². The minimum absolute atomic E-state index is 0.0122. The van der Waals surface area contributed by atoms with E-state index in [-0.39, 0.29) is 6.54 Å². The van der Waals surface area contributed by atoms with Crippen LogP contribution in [0.3, 0.4) is 0 Å². The predicted octanol–water partition coefficient (Wildman–Crippen LogP) is 1.99. The summed E-state index contributed by atoms with van der Waals surface area (Å²) in [7, 11) is 0. The van der Waals surface area contributed by atoms with Crippen molar-refractivity contribution in [3.05, 3.63) is 35.9 Å². The fraction of sp³-hybridized carbons (Fsp3) is 0.333. The van der Waals surface area contributed by atoms with Crippen molar-refractivity contribution in [1.29, 1.82) is 0 Å². The van der Waals surface area contributed by atoms with Gasteiger partial charge in [0.2, 0.25) is 6.43 Å². The molecule has 3 heteroatoms. The summed E-state index contributed by atoms with van der Waals surface area (Å²) in [5, 5.41) is 0. The molecule has 1 nitrogen and oxygen atoms in total. The molecule has 0 radical (unpaired) electrons. The fourth-order valence-electron chi connectivity index (χ4n) is 1.08. The van der Waals surface area contributed by atoms with Crippen molar-refractivity contribution >= 4 is 0 Å². The van der Waals surface area contributed by atoms with E-state index in [0.29, 0.717) is 5.56 Å². The monoisotopic (exact) mass is 171 g/mol. The first-order valence-electron chi connectivity index (χ1n) is 3.79. The number of benzene rings is 1. The van der Waals surface area contributed by atoms with Gasteiger partial charge in [-0.25, -0.2) is 8.78 Å². The number of nitrogens with two attached hydrogens (primary N) is 1. The second-order valence-corrected chi connectivity index (χ2v) is 2.59. The maximum absolute atomic E-state index is 12.3. The summed E-state index contributed by atoms with van der Waals surface area (Å²) >= 11 is 0. The zero-order valence-corrected chi connectivity index (χ0v) is 6.58. The number of alkyl halides is 2. The molecular formula is C9H11F2N. The molecule has 0 spiro atoms. The number of halogens is 2. The predicted molar refractivity (Wildman–Crippen MR) is 44.2 cm³/mol. The number of hydrogen-bond acceptors (Lipinski definition) is 1. The molecule has 0 bridgehead atoms. The first-order chi connectivity index (χ1) is 5.75. The van der Waals surface area contributed by atoms with Crippen LogP contribution in [0.1, 0.15) is 11.5 Å². The Labute approximate surface area is 70.2 Å². The number of hydrogen-bond donors (Lipinski definition) is 1. The molecule has 0 saturated heterocycles. The van der Waals surface area contributed by atoms with Gasteiger partial charge in [-0.2, -0.15) is 0 Å². The molecule has 1 atom stereocenters. The molecule has 0 amide bonds. The average Bonchev–Trinajstić information content (AvgIpc) is 2.07. The van der Waals surface area contributed by atoms with E-state index in [4.69, 9.17) is 5.73 Å². The van der Waals surface area contributed by atoms with E-state index in [2.05, 4.69) is 0 Å². The molecule has 12 heavy (non-hydrogen) atoms. The Morgan fingerprint density at radius 2 is 1.75 bits per heavy atom. The number of rotatable bonds is 3. The molecule has 0 fully saturated rings.